The molecule has 5 nitrogen and oxygen atoms in total. The molecule has 0 spiro atoms. The van der Waals surface area contributed by atoms with Gasteiger partial charge in [-0.05, 0) is 70.5 Å². The van der Waals surface area contributed by atoms with Crippen molar-refractivity contribution in [1.82, 2.24) is 14.5 Å². The van der Waals surface area contributed by atoms with Crippen LogP contribution in [-0.2, 0) is 0 Å². The molecule has 4 aromatic rings. The fourth-order valence-electron chi connectivity index (χ4n) is 4.05. The van der Waals surface area contributed by atoms with Crippen LogP contribution in [0.5, 0.6) is 0 Å². The molecule has 0 bridgehead atoms. The largest absolute Gasteiger partial charge is 0.372 e. The highest BCUT2D eigenvalue weighted by atomic mass is 32.1. The molecule has 0 radical (unpaired) electrons. The zero-order valence-electron chi connectivity index (χ0n) is 19.8. The van der Waals surface area contributed by atoms with Crippen molar-refractivity contribution in [3.63, 3.8) is 0 Å². The number of imidazole rings is 1. The Hall–Kier alpha value is -3.12. The van der Waals surface area contributed by atoms with Crippen LogP contribution in [0.2, 0.25) is 0 Å². The highest BCUT2D eigenvalue weighted by Crippen LogP contribution is 2.37. The predicted octanol–water partition coefficient (Wildman–Crippen LogP) is 6.54. The van der Waals surface area contributed by atoms with Crippen molar-refractivity contribution in [3.05, 3.63) is 71.1 Å². The Balaban J connectivity index is 1.59. The van der Waals surface area contributed by atoms with Gasteiger partial charge in [0.2, 0.25) is 0 Å². The summed E-state index contributed by atoms with van der Waals surface area (Å²) in [6.07, 6.45) is 3.88. The van der Waals surface area contributed by atoms with Gasteiger partial charge in [0.15, 0.2) is 5.13 Å². The minimum absolute atomic E-state index is 1.01. The molecule has 0 unspecified atom stereocenters. The lowest BCUT2D eigenvalue weighted by Gasteiger charge is -2.24. The Morgan fingerprint density at radius 2 is 1.69 bits per heavy atom. The van der Waals surface area contributed by atoms with E-state index in [0.29, 0.717) is 0 Å². The first-order chi connectivity index (χ1) is 15.4. The molecule has 0 N–H and O–H groups in total. The van der Waals surface area contributed by atoms with Gasteiger partial charge in [0, 0.05) is 53.8 Å². The molecular formula is C26H31N5S. The standard InChI is InChI=1S/C26H31N5S/c1-7-30(8-2)23-13-14-24(18(3)15-23)29(6)26-28-25(20(5)32-26)21-9-11-22(12-10-21)31-16-19(4)27-17-31/h9-17H,7-8H2,1-6H3. The molecule has 0 amide bonds. The number of aromatic nitrogens is 3. The van der Waals surface area contributed by atoms with Crippen LogP contribution in [-0.4, -0.2) is 34.7 Å². The highest BCUT2D eigenvalue weighted by molar-refractivity contribution is 7.16. The van der Waals surface area contributed by atoms with Crippen LogP contribution in [0.1, 0.15) is 30.0 Å². The molecule has 0 saturated heterocycles. The number of thiazole rings is 1. The van der Waals surface area contributed by atoms with Crippen LogP contribution in [0.3, 0.4) is 0 Å². The van der Waals surface area contributed by atoms with Gasteiger partial charge in [0.1, 0.15) is 0 Å². The summed E-state index contributed by atoms with van der Waals surface area (Å²) in [4.78, 5) is 15.1. The first-order valence-corrected chi connectivity index (χ1v) is 11.9. The molecule has 2 heterocycles. The van der Waals surface area contributed by atoms with Crippen LogP contribution >= 0.6 is 11.3 Å². The normalized spacial score (nSPS) is 11.1. The lowest BCUT2D eigenvalue weighted by Crippen LogP contribution is -2.22. The second-order valence-corrected chi connectivity index (χ2v) is 9.25. The molecule has 6 heteroatoms. The summed E-state index contributed by atoms with van der Waals surface area (Å²) >= 11 is 1.73. The van der Waals surface area contributed by atoms with Crippen LogP contribution in [0, 0.1) is 20.8 Å². The molecule has 0 aliphatic heterocycles. The summed E-state index contributed by atoms with van der Waals surface area (Å²) in [5, 5.41) is 1.01. The molecule has 0 aliphatic rings. The number of nitrogens with zero attached hydrogens (tertiary/aromatic N) is 5. The van der Waals surface area contributed by atoms with Gasteiger partial charge in [0.05, 0.1) is 17.7 Å². The van der Waals surface area contributed by atoms with Crippen LogP contribution in [0.25, 0.3) is 16.9 Å². The first-order valence-electron chi connectivity index (χ1n) is 11.1. The van der Waals surface area contributed by atoms with Crippen LogP contribution < -0.4 is 9.80 Å². The maximum atomic E-state index is 5.01. The Bertz CT molecular complexity index is 1200. The van der Waals surface area contributed by atoms with Crippen molar-refractivity contribution >= 4 is 27.8 Å². The molecule has 32 heavy (non-hydrogen) atoms. The quantitative estimate of drug-likeness (QED) is 0.324. The number of hydrogen-bond acceptors (Lipinski definition) is 5. The van der Waals surface area contributed by atoms with E-state index >= 15 is 0 Å². The Morgan fingerprint density at radius 3 is 2.28 bits per heavy atom. The zero-order valence-corrected chi connectivity index (χ0v) is 20.6. The van der Waals surface area contributed by atoms with Crippen LogP contribution in [0.4, 0.5) is 16.5 Å². The Kier molecular flexibility index (Phi) is 6.33. The number of benzene rings is 2. The number of hydrogen-bond donors (Lipinski definition) is 0. The smallest absolute Gasteiger partial charge is 0.190 e. The second-order valence-electron chi connectivity index (χ2n) is 8.07. The summed E-state index contributed by atoms with van der Waals surface area (Å²) < 4.78 is 2.04. The Morgan fingerprint density at radius 1 is 0.969 bits per heavy atom. The zero-order chi connectivity index (χ0) is 22.8. The molecule has 0 saturated carbocycles. The van der Waals surface area contributed by atoms with E-state index in [9.17, 15) is 0 Å². The van der Waals surface area contributed by atoms with E-state index in [1.54, 1.807) is 11.3 Å². The lowest BCUT2D eigenvalue weighted by atomic mass is 10.1. The molecule has 0 atom stereocenters. The topological polar surface area (TPSA) is 37.2 Å². The maximum Gasteiger partial charge on any atom is 0.190 e. The number of rotatable bonds is 7. The van der Waals surface area contributed by atoms with Gasteiger partial charge in [-0.1, -0.05) is 12.1 Å². The lowest BCUT2D eigenvalue weighted by molar-refractivity contribution is 0.865. The molecule has 0 aliphatic carbocycles. The van der Waals surface area contributed by atoms with Crippen molar-refractivity contribution < 1.29 is 0 Å². The van der Waals surface area contributed by atoms with Crippen molar-refractivity contribution in [1.29, 1.82) is 0 Å². The molecule has 2 aromatic carbocycles. The maximum absolute atomic E-state index is 5.01. The monoisotopic (exact) mass is 445 g/mol. The minimum Gasteiger partial charge on any atom is -0.372 e. The van der Waals surface area contributed by atoms with Crippen molar-refractivity contribution in [3.8, 4) is 16.9 Å². The molecule has 2 aromatic heterocycles. The van der Waals surface area contributed by atoms with Gasteiger partial charge in [-0.15, -0.1) is 11.3 Å². The third-order valence-electron chi connectivity index (χ3n) is 5.89. The van der Waals surface area contributed by atoms with E-state index in [1.165, 1.54) is 21.8 Å². The highest BCUT2D eigenvalue weighted by Gasteiger charge is 2.16. The molecule has 166 valence electrons. The van der Waals surface area contributed by atoms with Gasteiger partial charge >= 0.3 is 0 Å². The summed E-state index contributed by atoms with van der Waals surface area (Å²) in [5.41, 5.74) is 8.00. The van der Waals surface area contributed by atoms with Gasteiger partial charge < -0.3 is 14.4 Å². The summed E-state index contributed by atoms with van der Waals surface area (Å²) in [6, 6.07) is 15.2. The van der Waals surface area contributed by atoms with Gasteiger partial charge in [0.25, 0.3) is 0 Å². The third-order valence-corrected chi connectivity index (χ3v) is 6.94. The van der Waals surface area contributed by atoms with Gasteiger partial charge in [-0.2, -0.15) is 0 Å². The Labute approximate surface area is 195 Å². The van der Waals surface area contributed by atoms with E-state index < -0.39 is 0 Å². The van der Waals surface area contributed by atoms with E-state index in [1.807, 2.05) is 24.0 Å². The SMILES string of the molecule is CCN(CC)c1ccc(N(C)c2nc(-c3ccc(-n4cnc(C)c4)cc3)c(C)s2)c(C)c1. The fraction of sp³-hybridized carbons (Fsp3) is 0.308. The van der Waals surface area contributed by atoms with E-state index in [2.05, 4.69) is 92.0 Å². The summed E-state index contributed by atoms with van der Waals surface area (Å²) in [6.45, 7) is 12.7. The van der Waals surface area contributed by atoms with Crippen molar-refractivity contribution in [2.45, 2.75) is 34.6 Å². The number of aryl methyl sites for hydroxylation is 3. The molecule has 0 fully saturated rings. The first kappa shape index (κ1) is 22.1. The third kappa shape index (κ3) is 4.28. The van der Waals surface area contributed by atoms with Crippen molar-refractivity contribution in [2.75, 3.05) is 29.9 Å². The predicted molar refractivity (Wildman–Crippen MR) is 137 cm³/mol. The minimum atomic E-state index is 1.01. The summed E-state index contributed by atoms with van der Waals surface area (Å²) in [7, 11) is 2.10. The average Bonchev–Trinajstić information content (AvgIpc) is 3.40. The number of anilines is 3. The fourth-order valence-corrected chi connectivity index (χ4v) is 4.96. The van der Waals surface area contributed by atoms with Gasteiger partial charge in [-0.3, -0.25) is 0 Å². The second kappa shape index (κ2) is 9.17. The van der Waals surface area contributed by atoms with E-state index in [4.69, 9.17) is 4.98 Å². The molecular weight excluding hydrogens is 414 g/mol. The van der Waals surface area contributed by atoms with Gasteiger partial charge in [-0.25, -0.2) is 9.97 Å². The van der Waals surface area contributed by atoms with Crippen LogP contribution in [0.15, 0.2) is 55.0 Å². The van der Waals surface area contributed by atoms with E-state index in [-0.39, 0.29) is 0 Å². The molecule has 4 rings (SSSR count). The average molecular weight is 446 g/mol. The summed E-state index contributed by atoms with van der Waals surface area (Å²) in [5.74, 6) is 0. The van der Waals surface area contributed by atoms with Crippen molar-refractivity contribution in [2.24, 2.45) is 0 Å². The van der Waals surface area contributed by atoms with E-state index in [0.717, 1.165) is 40.9 Å².